The summed E-state index contributed by atoms with van der Waals surface area (Å²) in [5, 5.41) is 23.2. The van der Waals surface area contributed by atoms with Crippen LogP contribution in [0, 0.1) is 21.4 Å². The van der Waals surface area contributed by atoms with Gasteiger partial charge in [-0.1, -0.05) is 103 Å². The van der Waals surface area contributed by atoms with E-state index in [2.05, 4.69) is 93.7 Å². The number of nitro benzene ring substituents is 1. The van der Waals surface area contributed by atoms with Crippen LogP contribution in [-0.4, -0.2) is 24.1 Å². The van der Waals surface area contributed by atoms with Crippen LogP contribution in [-0.2, 0) is 0 Å². The number of rotatable bonds is 9. The van der Waals surface area contributed by atoms with Crippen molar-refractivity contribution >= 4 is 62.1 Å². The van der Waals surface area contributed by atoms with E-state index in [9.17, 15) is 15.4 Å². The molecule has 1 N–H and O–H groups in total. The van der Waals surface area contributed by atoms with Crippen molar-refractivity contribution in [2.45, 2.75) is 0 Å². The number of thioether (sulfide) groups is 1. The minimum absolute atomic E-state index is 0.0666. The molecule has 8 heteroatoms. The standard InChI is InChI=1S/C44H33N5O2S/c1-47(34-16-8-4-9-17-34)36-26-22-32(23-27-36)41(33-24-28-37(29-25-33)48(2)35-18-10-5-11-19-35)43-42(31-14-6-3-7-15-31)38(30-45)44(52-43)46-39-20-12-13-21-40(39)49(50)51/h3-29H,1-2H3/p+1. The maximum Gasteiger partial charge on any atom is 0.339 e. The molecule has 0 bridgehead atoms. The van der Waals surface area contributed by atoms with Crippen LogP contribution in [0.3, 0.4) is 0 Å². The average molecular weight is 697 g/mol. The molecule has 0 atom stereocenters. The molecule has 6 aromatic rings. The van der Waals surface area contributed by atoms with Crippen molar-refractivity contribution in [2.75, 3.05) is 23.9 Å². The Kier molecular flexibility index (Phi) is 9.78. The van der Waals surface area contributed by atoms with Gasteiger partial charge in [0.25, 0.3) is 10.7 Å². The van der Waals surface area contributed by atoms with Crippen LogP contribution in [0.1, 0.15) is 16.7 Å². The van der Waals surface area contributed by atoms with Crippen molar-refractivity contribution in [1.29, 1.82) is 5.26 Å². The molecule has 1 aliphatic rings. The average Bonchev–Trinajstić information content (AvgIpc) is 3.56. The van der Waals surface area contributed by atoms with E-state index in [4.69, 9.17) is 0 Å². The van der Waals surface area contributed by atoms with Crippen LogP contribution in [0.5, 0.6) is 0 Å². The van der Waals surface area contributed by atoms with Crippen molar-refractivity contribution in [3.8, 4) is 6.07 Å². The van der Waals surface area contributed by atoms with E-state index in [1.165, 1.54) is 17.8 Å². The van der Waals surface area contributed by atoms with Gasteiger partial charge in [0.05, 0.1) is 4.92 Å². The topological polar surface area (TPSA) is 87.4 Å². The highest BCUT2D eigenvalue weighted by molar-refractivity contribution is 8.18. The number of nitrogens with one attached hydrogen (secondary N) is 1. The van der Waals surface area contributed by atoms with E-state index in [0.717, 1.165) is 55.5 Å². The van der Waals surface area contributed by atoms with Gasteiger partial charge in [-0.2, -0.15) is 10.3 Å². The molecule has 0 fully saturated rings. The number of nitrogens with zero attached hydrogens (tertiary/aromatic N) is 4. The highest BCUT2D eigenvalue weighted by atomic mass is 32.2. The quantitative estimate of drug-likeness (QED) is 0.120. The summed E-state index contributed by atoms with van der Waals surface area (Å²) in [5.74, 6) is 0. The van der Waals surface area contributed by atoms with Crippen molar-refractivity contribution in [3.63, 3.8) is 0 Å². The first-order chi connectivity index (χ1) is 25.4. The highest BCUT2D eigenvalue weighted by Crippen LogP contribution is 2.49. The number of allylic oxidation sites excluding steroid dienone is 1. The van der Waals surface area contributed by atoms with Crippen molar-refractivity contribution in [1.82, 2.24) is 0 Å². The van der Waals surface area contributed by atoms with Gasteiger partial charge < -0.3 is 9.80 Å². The van der Waals surface area contributed by atoms with E-state index in [1.54, 1.807) is 18.2 Å². The van der Waals surface area contributed by atoms with Gasteiger partial charge in [0.1, 0.15) is 11.6 Å². The Morgan fingerprint density at radius 2 is 1.08 bits per heavy atom. The maximum absolute atomic E-state index is 12.0. The van der Waals surface area contributed by atoms with Gasteiger partial charge in [-0.3, -0.25) is 10.1 Å². The number of benzene rings is 6. The smallest absolute Gasteiger partial charge is 0.339 e. The third-order valence-electron chi connectivity index (χ3n) is 9.03. The normalized spacial score (nSPS) is 13.2. The largest absolute Gasteiger partial charge is 0.345 e. The molecule has 52 heavy (non-hydrogen) atoms. The first-order valence-corrected chi connectivity index (χ1v) is 17.5. The monoisotopic (exact) mass is 696 g/mol. The van der Waals surface area contributed by atoms with Gasteiger partial charge in [-0.15, -0.1) is 0 Å². The van der Waals surface area contributed by atoms with E-state index < -0.39 is 4.92 Å². The number of nitriles is 1. The van der Waals surface area contributed by atoms with Gasteiger partial charge in [0.15, 0.2) is 0 Å². The molecule has 0 radical (unpaired) electrons. The summed E-state index contributed by atoms with van der Waals surface area (Å²) in [4.78, 5) is 20.0. The molecule has 0 unspecified atom stereocenters. The lowest BCUT2D eigenvalue weighted by atomic mass is 9.91. The molecular weight excluding hydrogens is 663 g/mol. The van der Waals surface area contributed by atoms with E-state index in [0.29, 0.717) is 16.3 Å². The second-order valence-electron chi connectivity index (χ2n) is 12.1. The molecule has 0 spiro atoms. The van der Waals surface area contributed by atoms with Crippen molar-refractivity contribution in [2.24, 2.45) is 0 Å². The minimum Gasteiger partial charge on any atom is -0.345 e. The molecular formula is C44H34N5O2S+. The van der Waals surface area contributed by atoms with Crippen LogP contribution >= 0.6 is 11.8 Å². The SMILES string of the molecule is CN(c1ccccc1)c1ccc(C(=C2SC(=[NH+]c3ccccc3[N+](=O)[O-])C(C#N)=C2c2ccccc2)c2ccc(N(C)c3ccccc3)cc2)cc1. The second-order valence-corrected chi connectivity index (χ2v) is 13.2. The lowest BCUT2D eigenvalue weighted by Crippen LogP contribution is -2.65. The summed E-state index contributed by atoms with van der Waals surface area (Å²) < 4.78 is 0. The molecule has 0 amide bonds. The second kappa shape index (κ2) is 15.1. The third kappa shape index (κ3) is 6.86. The van der Waals surface area contributed by atoms with Crippen LogP contribution in [0.25, 0.3) is 11.1 Å². The predicted molar refractivity (Wildman–Crippen MR) is 213 cm³/mol. The molecule has 0 saturated heterocycles. The minimum atomic E-state index is -0.416. The predicted octanol–water partition coefficient (Wildman–Crippen LogP) is 9.42. The first kappa shape index (κ1) is 33.8. The van der Waals surface area contributed by atoms with Gasteiger partial charge in [-0.25, -0.2) is 0 Å². The zero-order chi connectivity index (χ0) is 36.0. The maximum atomic E-state index is 12.0. The fourth-order valence-electron chi connectivity index (χ4n) is 6.28. The Bertz CT molecular complexity index is 2280. The number of anilines is 4. The molecule has 7 nitrogen and oxygen atoms in total. The summed E-state index contributed by atoms with van der Waals surface area (Å²) >= 11 is 1.42. The Morgan fingerprint density at radius 1 is 0.635 bits per heavy atom. The Labute approximate surface area is 307 Å². The fraction of sp³-hybridized carbons (Fsp3) is 0.0455. The zero-order valence-electron chi connectivity index (χ0n) is 28.6. The Hall–Kier alpha value is -6.69. The molecule has 7 rings (SSSR count). The third-order valence-corrected chi connectivity index (χ3v) is 10.2. The lowest BCUT2D eigenvalue weighted by molar-refractivity contribution is -0.410. The first-order valence-electron chi connectivity index (χ1n) is 16.7. The van der Waals surface area contributed by atoms with E-state index in [1.807, 2.05) is 80.8 Å². The summed E-state index contributed by atoms with van der Waals surface area (Å²) in [7, 11) is 4.09. The number of nitro groups is 1. The van der Waals surface area contributed by atoms with E-state index >= 15 is 0 Å². The molecule has 1 aliphatic heterocycles. The van der Waals surface area contributed by atoms with Gasteiger partial charge >= 0.3 is 5.69 Å². The Balaban J connectivity index is 1.43. The Morgan fingerprint density at radius 3 is 1.56 bits per heavy atom. The lowest BCUT2D eigenvalue weighted by Gasteiger charge is -2.22. The highest BCUT2D eigenvalue weighted by Gasteiger charge is 2.36. The molecule has 252 valence electrons. The van der Waals surface area contributed by atoms with Gasteiger partial charge in [0.2, 0.25) is 0 Å². The summed E-state index contributed by atoms with van der Waals surface area (Å²) in [6, 6.07) is 56.1. The van der Waals surface area contributed by atoms with Crippen LogP contribution in [0.15, 0.2) is 174 Å². The van der Waals surface area contributed by atoms with Crippen molar-refractivity contribution < 1.29 is 9.92 Å². The molecule has 0 saturated carbocycles. The number of para-hydroxylation sites is 4. The molecule has 1 heterocycles. The van der Waals surface area contributed by atoms with Crippen molar-refractivity contribution in [3.05, 3.63) is 201 Å². The molecule has 0 aromatic heterocycles. The summed E-state index contributed by atoms with van der Waals surface area (Å²) in [5.41, 5.74) is 9.39. The van der Waals surface area contributed by atoms with Gasteiger partial charge in [-0.05, 0) is 77.0 Å². The van der Waals surface area contributed by atoms with Crippen LogP contribution in [0.2, 0.25) is 0 Å². The van der Waals surface area contributed by atoms with Crippen LogP contribution < -0.4 is 14.8 Å². The van der Waals surface area contributed by atoms with Gasteiger partial charge in [0, 0.05) is 65.0 Å². The zero-order valence-corrected chi connectivity index (χ0v) is 29.4. The number of hydrogen-bond donors (Lipinski definition) is 1. The van der Waals surface area contributed by atoms with E-state index in [-0.39, 0.29) is 5.69 Å². The fourth-order valence-corrected chi connectivity index (χ4v) is 7.55. The summed E-state index contributed by atoms with van der Waals surface area (Å²) in [6.07, 6.45) is 0. The number of hydrogen-bond acceptors (Lipinski definition) is 6. The van der Waals surface area contributed by atoms with Crippen LogP contribution in [0.4, 0.5) is 34.1 Å². The molecule has 6 aromatic carbocycles. The molecule has 0 aliphatic carbocycles. The summed E-state index contributed by atoms with van der Waals surface area (Å²) in [6.45, 7) is 0.